The molecule has 0 amide bonds. The summed E-state index contributed by atoms with van der Waals surface area (Å²) >= 11 is 5.32. The number of aromatic nitrogens is 2. The first kappa shape index (κ1) is 7.15. The Kier molecular flexibility index (Phi) is 2.34. The fourth-order valence-electron chi connectivity index (χ4n) is 0.648. The van der Waals surface area contributed by atoms with E-state index in [0.29, 0.717) is 12.5 Å². The van der Waals surface area contributed by atoms with Crippen LogP contribution in [0.3, 0.4) is 0 Å². The predicted octanol–water partition coefficient (Wildman–Crippen LogP) is 1.22. The van der Waals surface area contributed by atoms with Crippen LogP contribution in [-0.2, 0) is 6.54 Å². The SMILES string of the molecule is Nc1nccn1C/C=C/Cl. The van der Waals surface area contributed by atoms with Crippen molar-refractivity contribution < 1.29 is 0 Å². The lowest BCUT2D eigenvalue weighted by atomic mass is 10.6. The van der Waals surface area contributed by atoms with Crippen molar-refractivity contribution in [1.29, 1.82) is 0 Å². The molecule has 0 aliphatic heterocycles. The highest BCUT2D eigenvalue weighted by molar-refractivity contribution is 6.25. The summed E-state index contributed by atoms with van der Waals surface area (Å²) in [6, 6.07) is 0. The molecule has 0 spiro atoms. The molecule has 0 aromatic carbocycles. The van der Waals surface area contributed by atoms with Crippen LogP contribution in [0, 0.1) is 0 Å². The first-order valence-corrected chi connectivity index (χ1v) is 3.30. The lowest BCUT2D eigenvalue weighted by Crippen LogP contribution is -1.99. The van der Waals surface area contributed by atoms with E-state index in [-0.39, 0.29) is 0 Å². The summed E-state index contributed by atoms with van der Waals surface area (Å²) in [6.07, 6.45) is 5.24. The fourth-order valence-corrected chi connectivity index (χ4v) is 0.728. The number of allylic oxidation sites excluding steroid dienone is 1. The maximum absolute atomic E-state index is 5.46. The zero-order valence-corrected chi connectivity index (χ0v) is 6.12. The quantitative estimate of drug-likeness (QED) is 0.702. The summed E-state index contributed by atoms with van der Waals surface area (Å²) in [7, 11) is 0. The molecule has 0 radical (unpaired) electrons. The van der Waals surface area contributed by atoms with E-state index in [1.807, 2.05) is 0 Å². The Morgan fingerprint density at radius 1 is 1.80 bits per heavy atom. The van der Waals surface area contributed by atoms with Gasteiger partial charge in [-0.2, -0.15) is 0 Å². The van der Waals surface area contributed by atoms with Gasteiger partial charge in [-0.05, 0) is 0 Å². The third-order valence-electron chi connectivity index (χ3n) is 1.14. The van der Waals surface area contributed by atoms with Crippen molar-refractivity contribution in [3.8, 4) is 0 Å². The molecule has 4 heteroatoms. The number of nitrogens with zero attached hydrogens (tertiary/aromatic N) is 2. The van der Waals surface area contributed by atoms with Gasteiger partial charge in [-0.1, -0.05) is 17.7 Å². The second-order valence-electron chi connectivity index (χ2n) is 1.80. The van der Waals surface area contributed by atoms with Gasteiger partial charge in [0.05, 0.1) is 0 Å². The van der Waals surface area contributed by atoms with Gasteiger partial charge < -0.3 is 10.3 Å². The van der Waals surface area contributed by atoms with Gasteiger partial charge in [-0.25, -0.2) is 4.98 Å². The zero-order chi connectivity index (χ0) is 7.40. The molecule has 1 rings (SSSR count). The molecule has 0 aliphatic rings. The van der Waals surface area contributed by atoms with E-state index >= 15 is 0 Å². The molecule has 1 aromatic rings. The van der Waals surface area contributed by atoms with Crippen LogP contribution in [0.25, 0.3) is 0 Å². The Labute approximate surface area is 64.1 Å². The Balaban J connectivity index is 2.65. The minimum atomic E-state index is 0.509. The first-order chi connectivity index (χ1) is 4.84. The van der Waals surface area contributed by atoms with Gasteiger partial charge in [0.15, 0.2) is 5.95 Å². The molecule has 0 unspecified atom stereocenters. The molecular formula is C6H8ClN3. The van der Waals surface area contributed by atoms with Crippen molar-refractivity contribution in [1.82, 2.24) is 9.55 Å². The number of hydrogen-bond acceptors (Lipinski definition) is 2. The number of hydrogen-bond donors (Lipinski definition) is 1. The highest BCUT2D eigenvalue weighted by atomic mass is 35.5. The highest BCUT2D eigenvalue weighted by Gasteiger charge is 1.91. The molecule has 1 aromatic heterocycles. The second kappa shape index (κ2) is 3.27. The van der Waals surface area contributed by atoms with E-state index in [4.69, 9.17) is 17.3 Å². The van der Waals surface area contributed by atoms with Gasteiger partial charge in [0.25, 0.3) is 0 Å². The maximum atomic E-state index is 5.46. The van der Waals surface area contributed by atoms with E-state index in [1.54, 1.807) is 23.0 Å². The molecular weight excluding hydrogens is 150 g/mol. The monoisotopic (exact) mass is 157 g/mol. The Hall–Kier alpha value is -0.960. The molecule has 54 valence electrons. The average Bonchev–Trinajstić information content (AvgIpc) is 2.31. The number of nitrogen functional groups attached to an aromatic ring is 1. The van der Waals surface area contributed by atoms with Crippen molar-refractivity contribution in [2.45, 2.75) is 6.54 Å². The third kappa shape index (κ3) is 1.51. The van der Waals surface area contributed by atoms with Crippen LogP contribution in [0.4, 0.5) is 5.95 Å². The normalized spacial score (nSPS) is 10.9. The summed E-state index contributed by atoms with van der Waals surface area (Å²) in [4.78, 5) is 3.83. The van der Waals surface area contributed by atoms with Crippen molar-refractivity contribution in [2.75, 3.05) is 5.73 Å². The van der Waals surface area contributed by atoms with Gasteiger partial charge in [-0.15, -0.1) is 0 Å². The fraction of sp³-hybridized carbons (Fsp3) is 0.167. The molecule has 0 saturated heterocycles. The Morgan fingerprint density at radius 3 is 3.10 bits per heavy atom. The van der Waals surface area contributed by atoms with Crippen molar-refractivity contribution in [3.05, 3.63) is 24.0 Å². The lowest BCUT2D eigenvalue weighted by Gasteiger charge is -1.96. The number of nitrogens with two attached hydrogens (primary N) is 1. The van der Waals surface area contributed by atoms with Crippen LogP contribution in [0.15, 0.2) is 24.0 Å². The summed E-state index contributed by atoms with van der Waals surface area (Å²) in [5.74, 6) is 0.509. The maximum Gasteiger partial charge on any atom is 0.200 e. The molecule has 0 saturated carbocycles. The predicted molar refractivity (Wildman–Crippen MR) is 41.6 cm³/mol. The van der Waals surface area contributed by atoms with E-state index in [2.05, 4.69) is 4.98 Å². The van der Waals surface area contributed by atoms with Crippen molar-refractivity contribution in [2.24, 2.45) is 0 Å². The molecule has 10 heavy (non-hydrogen) atoms. The number of rotatable bonds is 2. The summed E-state index contributed by atoms with van der Waals surface area (Å²) in [5.41, 5.74) is 6.91. The van der Waals surface area contributed by atoms with Crippen molar-refractivity contribution in [3.63, 3.8) is 0 Å². The molecule has 2 N–H and O–H groups in total. The average molecular weight is 158 g/mol. The van der Waals surface area contributed by atoms with E-state index in [9.17, 15) is 0 Å². The van der Waals surface area contributed by atoms with E-state index in [0.717, 1.165) is 0 Å². The lowest BCUT2D eigenvalue weighted by molar-refractivity contribution is 0.836. The van der Waals surface area contributed by atoms with Crippen LogP contribution < -0.4 is 5.73 Å². The van der Waals surface area contributed by atoms with Gasteiger partial charge in [0, 0.05) is 24.5 Å². The van der Waals surface area contributed by atoms with Crippen LogP contribution >= 0.6 is 11.6 Å². The smallest absolute Gasteiger partial charge is 0.200 e. The van der Waals surface area contributed by atoms with Crippen molar-refractivity contribution >= 4 is 17.5 Å². The van der Waals surface area contributed by atoms with Gasteiger partial charge >= 0.3 is 0 Å². The molecule has 0 atom stereocenters. The molecule has 3 nitrogen and oxygen atoms in total. The van der Waals surface area contributed by atoms with Gasteiger partial charge in [-0.3, -0.25) is 0 Å². The molecule has 1 heterocycles. The van der Waals surface area contributed by atoms with Crippen LogP contribution in [0.1, 0.15) is 0 Å². The molecule has 0 bridgehead atoms. The summed E-state index contributed by atoms with van der Waals surface area (Å²) < 4.78 is 1.79. The minimum absolute atomic E-state index is 0.509. The van der Waals surface area contributed by atoms with Gasteiger partial charge in [0.2, 0.25) is 0 Å². The number of imidazole rings is 1. The highest BCUT2D eigenvalue weighted by Crippen LogP contribution is 1.98. The molecule has 0 fully saturated rings. The van der Waals surface area contributed by atoms with Crippen LogP contribution in [0.2, 0.25) is 0 Å². The van der Waals surface area contributed by atoms with E-state index < -0.39 is 0 Å². The zero-order valence-electron chi connectivity index (χ0n) is 5.37. The molecule has 0 aliphatic carbocycles. The Bertz CT molecular complexity index is 229. The summed E-state index contributed by atoms with van der Waals surface area (Å²) in [6.45, 7) is 0.676. The number of halogens is 1. The largest absolute Gasteiger partial charge is 0.369 e. The van der Waals surface area contributed by atoms with Crippen LogP contribution in [-0.4, -0.2) is 9.55 Å². The topological polar surface area (TPSA) is 43.8 Å². The van der Waals surface area contributed by atoms with Gasteiger partial charge in [0.1, 0.15) is 0 Å². The van der Waals surface area contributed by atoms with E-state index in [1.165, 1.54) is 5.54 Å². The summed E-state index contributed by atoms with van der Waals surface area (Å²) in [5, 5.41) is 0. The van der Waals surface area contributed by atoms with Crippen LogP contribution in [0.5, 0.6) is 0 Å². The third-order valence-corrected chi connectivity index (χ3v) is 1.32. The first-order valence-electron chi connectivity index (χ1n) is 2.86. The standard InChI is InChI=1S/C6H8ClN3/c7-2-1-4-10-5-3-9-6(10)8/h1-3,5H,4H2,(H2,8,9)/b2-1+. The minimum Gasteiger partial charge on any atom is -0.369 e. The second-order valence-corrected chi connectivity index (χ2v) is 2.05. The number of anilines is 1. The Morgan fingerprint density at radius 2 is 2.60 bits per heavy atom.